The number of hydrogen-bond acceptors (Lipinski definition) is 4. The van der Waals surface area contributed by atoms with E-state index in [0.29, 0.717) is 5.92 Å². The number of Topliss-reactive ketones (excluding diaryl/α,β-unsaturated/α-hetero) is 2. The highest BCUT2D eigenvalue weighted by molar-refractivity contribution is 6.36. The molecule has 0 aliphatic heterocycles. The summed E-state index contributed by atoms with van der Waals surface area (Å²) in [5.74, 6) is -0.536. The third-order valence-corrected chi connectivity index (χ3v) is 3.15. The van der Waals surface area contributed by atoms with Crippen LogP contribution < -0.4 is 5.32 Å². The van der Waals surface area contributed by atoms with Gasteiger partial charge in [-0.25, -0.2) is 0 Å². The topological polar surface area (TPSA) is 72.5 Å². The van der Waals surface area contributed by atoms with Crippen molar-refractivity contribution in [1.82, 2.24) is 5.32 Å². The van der Waals surface area contributed by atoms with Crippen molar-refractivity contribution in [1.29, 1.82) is 0 Å². The quantitative estimate of drug-likeness (QED) is 0.425. The van der Waals surface area contributed by atoms with Crippen LogP contribution in [0.2, 0.25) is 0 Å². The minimum absolute atomic E-state index is 0.138. The SMILES string of the molecule is CC(=O)C(=O)COC/C=C/C(=O)NC1CCC(C)C1. The number of ketones is 2. The lowest BCUT2D eigenvalue weighted by molar-refractivity contribution is -0.137. The Balaban J connectivity index is 2.13. The van der Waals surface area contributed by atoms with E-state index in [0.717, 1.165) is 19.3 Å². The molecule has 5 heteroatoms. The minimum atomic E-state index is -0.558. The van der Waals surface area contributed by atoms with Gasteiger partial charge < -0.3 is 10.1 Å². The summed E-state index contributed by atoms with van der Waals surface area (Å²) < 4.78 is 4.96. The smallest absolute Gasteiger partial charge is 0.243 e. The summed E-state index contributed by atoms with van der Waals surface area (Å²) >= 11 is 0. The predicted molar refractivity (Wildman–Crippen MR) is 70.6 cm³/mol. The molecule has 1 aliphatic carbocycles. The Kier molecular flexibility index (Phi) is 6.42. The van der Waals surface area contributed by atoms with E-state index < -0.39 is 11.6 Å². The zero-order valence-electron chi connectivity index (χ0n) is 11.5. The molecule has 0 radical (unpaired) electrons. The maximum absolute atomic E-state index is 11.5. The summed E-state index contributed by atoms with van der Waals surface area (Å²) in [4.78, 5) is 33.1. The van der Waals surface area contributed by atoms with Gasteiger partial charge in [0, 0.05) is 19.0 Å². The maximum atomic E-state index is 11.5. The van der Waals surface area contributed by atoms with Crippen LogP contribution in [0, 0.1) is 5.92 Å². The maximum Gasteiger partial charge on any atom is 0.243 e. The van der Waals surface area contributed by atoms with Gasteiger partial charge in [-0.1, -0.05) is 13.0 Å². The molecule has 0 aromatic carbocycles. The van der Waals surface area contributed by atoms with Crippen LogP contribution in [0.15, 0.2) is 12.2 Å². The zero-order valence-corrected chi connectivity index (χ0v) is 11.5. The van der Waals surface area contributed by atoms with Crippen molar-refractivity contribution in [3.63, 3.8) is 0 Å². The van der Waals surface area contributed by atoms with Gasteiger partial charge in [-0.3, -0.25) is 14.4 Å². The number of amides is 1. The molecule has 0 bridgehead atoms. The van der Waals surface area contributed by atoms with E-state index in [2.05, 4.69) is 12.2 Å². The molecule has 0 aromatic heterocycles. The largest absolute Gasteiger partial charge is 0.369 e. The summed E-state index contributed by atoms with van der Waals surface area (Å²) in [7, 11) is 0. The average molecular weight is 267 g/mol. The van der Waals surface area contributed by atoms with E-state index in [4.69, 9.17) is 4.74 Å². The van der Waals surface area contributed by atoms with Crippen LogP contribution in [0.25, 0.3) is 0 Å². The fraction of sp³-hybridized carbons (Fsp3) is 0.643. The Hall–Kier alpha value is -1.49. The molecule has 2 unspecified atom stereocenters. The van der Waals surface area contributed by atoms with E-state index >= 15 is 0 Å². The Bertz CT molecular complexity index is 376. The third-order valence-electron chi connectivity index (χ3n) is 3.15. The number of hydrogen-bond donors (Lipinski definition) is 1. The molecule has 106 valence electrons. The van der Waals surface area contributed by atoms with Crippen LogP contribution in [0.5, 0.6) is 0 Å². The molecule has 1 rings (SSSR count). The summed E-state index contributed by atoms with van der Waals surface area (Å²) in [5.41, 5.74) is 0. The van der Waals surface area contributed by atoms with E-state index in [9.17, 15) is 14.4 Å². The van der Waals surface area contributed by atoms with Crippen LogP contribution in [0.1, 0.15) is 33.1 Å². The van der Waals surface area contributed by atoms with Crippen molar-refractivity contribution < 1.29 is 19.1 Å². The molecule has 0 heterocycles. The summed E-state index contributed by atoms with van der Waals surface area (Å²) in [6.07, 6.45) is 6.17. The zero-order chi connectivity index (χ0) is 14.3. The Morgan fingerprint density at radius 3 is 2.63 bits per heavy atom. The minimum Gasteiger partial charge on any atom is -0.369 e. The Morgan fingerprint density at radius 1 is 1.32 bits per heavy atom. The second kappa shape index (κ2) is 7.84. The van der Waals surface area contributed by atoms with Crippen molar-refractivity contribution in [2.45, 2.75) is 39.2 Å². The first-order valence-corrected chi connectivity index (χ1v) is 6.57. The molecule has 1 fully saturated rings. The first-order chi connectivity index (χ1) is 8.99. The van der Waals surface area contributed by atoms with Crippen LogP contribution >= 0.6 is 0 Å². The van der Waals surface area contributed by atoms with Crippen molar-refractivity contribution in [3.8, 4) is 0 Å². The highest BCUT2D eigenvalue weighted by Crippen LogP contribution is 2.24. The molecule has 1 saturated carbocycles. The molecule has 19 heavy (non-hydrogen) atoms. The van der Waals surface area contributed by atoms with Gasteiger partial charge in [0.25, 0.3) is 0 Å². The highest BCUT2D eigenvalue weighted by atomic mass is 16.5. The van der Waals surface area contributed by atoms with Crippen molar-refractivity contribution in [3.05, 3.63) is 12.2 Å². The van der Waals surface area contributed by atoms with Crippen molar-refractivity contribution in [2.75, 3.05) is 13.2 Å². The second-order valence-corrected chi connectivity index (χ2v) is 5.02. The first kappa shape index (κ1) is 15.6. The Labute approximate surface area is 113 Å². The van der Waals surface area contributed by atoms with Crippen molar-refractivity contribution in [2.24, 2.45) is 5.92 Å². The second-order valence-electron chi connectivity index (χ2n) is 5.02. The average Bonchev–Trinajstić information content (AvgIpc) is 2.73. The highest BCUT2D eigenvalue weighted by Gasteiger charge is 2.21. The number of ether oxygens (including phenoxy) is 1. The van der Waals surface area contributed by atoms with Crippen LogP contribution in [0.4, 0.5) is 0 Å². The van der Waals surface area contributed by atoms with Crippen LogP contribution in [-0.4, -0.2) is 36.7 Å². The van der Waals surface area contributed by atoms with Gasteiger partial charge >= 0.3 is 0 Å². The lowest BCUT2D eigenvalue weighted by Crippen LogP contribution is -2.31. The molecule has 1 aliphatic rings. The molecular formula is C14H21NO4. The summed E-state index contributed by atoms with van der Waals surface area (Å²) in [5, 5.41) is 2.92. The van der Waals surface area contributed by atoms with E-state index in [1.165, 1.54) is 13.0 Å². The monoisotopic (exact) mass is 267 g/mol. The molecule has 1 amide bonds. The van der Waals surface area contributed by atoms with Gasteiger partial charge in [0.05, 0.1) is 6.61 Å². The van der Waals surface area contributed by atoms with E-state index in [1.54, 1.807) is 6.08 Å². The lowest BCUT2D eigenvalue weighted by atomic mass is 10.1. The normalized spacial score (nSPS) is 22.6. The van der Waals surface area contributed by atoms with Gasteiger partial charge in [-0.05, 0) is 25.2 Å². The Morgan fingerprint density at radius 2 is 2.05 bits per heavy atom. The van der Waals surface area contributed by atoms with Crippen LogP contribution in [0.3, 0.4) is 0 Å². The van der Waals surface area contributed by atoms with E-state index in [1.807, 2.05) is 0 Å². The van der Waals surface area contributed by atoms with Crippen molar-refractivity contribution >= 4 is 17.5 Å². The van der Waals surface area contributed by atoms with Gasteiger partial charge in [-0.15, -0.1) is 0 Å². The molecule has 2 atom stereocenters. The number of carbonyl (C=O) groups excluding carboxylic acids is 3. The first-order valence-electron chi connectivity index (χ1n) is 6.57. The molecule has 0 aromatic rings. The van der Waals surface area contributed by atoms with Gasteiger partial charge in [0.2, 0.25) is 11.7 Å². The number of rotatable bonds is 7. The van der Waals surface area contributed by atoms with Crippen LogP contribution in [-0.2, 0) is 19.1 Å². The fourth-order valence-corrected chi connectivity index (χ4v) is 2.06. The number of nitrogens with one attached hydrogen (secondary N) is 1. The summed E-state index contributed by atoms with van der Waals surface area (Å²) in [6, 6.07) is 0.271. The summed E-state index contributed by atoms with van der Waals surface area (Å²) in [6.45, 7) is 3.30. The number of carbonyl (C=O) groups is 3. The van der Waals surface area contributed by atoms with E-state index in [-0.39, 0.29) is 25.2 Å². The third kappa shape index (κ3) is 6.29. The lowest BCUT2D eigenvalue weighted by Gasteiger charge is -2.09. The molecule has 1 N–H and O–H groups in total. The van der Waals surface area contributed by atoms with Gasteiger partial charge in [0.15, 0.2) is 5.78 Å². The standard InChI is InChI=1S/C14H21NO4/c1-10-5-6-12(8-10)15-14(18)4-3-7-19-9-13(17)11(2)16/h3-4,10,12H,5-9H2,1-2H3,(H,15,18)/b4-3+. The molecule has 0 spiro atoms. The fourth-order valence-electron chi connectivity index (χ4n) is 2.06. The predicted octanol–water partition coefficient (Wildman–Crippen LogP) is 1.02. The molecule has 5 nitrogen and oxygen atoms in total. The molecular weight excluding hydrogens is 246 g/mol. The van der Waals surface area contributed by atoms with Gasteiger partial charge in [0.1, 0.15) is 6.61 Å². The molecule has 0 saturated heterocycles. The van der Waals surface area contributed by atoms with Gasteiger partial charge in [-0.2, -0.15) is 0 Å².